The molecule has 0 saturated heterocycles. The van der Waals surface area contributed by atoms with E-state index in [2.05, 4.69) is 72.8 Å². The maximum atomic E-state index is 13.0. The molecule has 90 heavy (non-hydrogen) atoms. The summed E-state index contributed by atoms with van der Waals surface area (Å²) in [6, 6.07) is 0. The first-order chi connectivity index (χ1) is 43.2. The van der Waals surface area contributed by atoms with Gasteiger partial charge in [0.2, 0.25) is 0 Å². The van der Waals surface area contributed by atoms with E-state index in [9.17, 15) is 43.2 Å². The number of hydrogen-bond donors (Lipinski definition) is 3. The van der Waals surface area contributed by atoms with Gasteiger partial charge in [0, 0.05) is 25.7 Å². The van der Waals surface area contributed by atoms with Crippen LogP contribution in [0.1, 0.15) is 331 Å². The van der Waals surface area contributed by atoms with Crippen molar-refractivity contribution in [3.63, 3.8) is 0 Å². The molecule has 5 atom stereocenters. The van der Waals surface area contributed by atoms with E-state index in [1.54, 1.807) is 0 Å². The van der Waals surface area contributed by atoms with Gasteiger partial charge in [0.1, 0.15) is 19.3 Å². The molecule has 17 nitrogen and oxygen atoms in total. The predicted octanol–water partition coefficient (Wildman–Crippen LogP) is 19.8. The number of unbranched alkanes of at least 4 members (excludes halogenated alkanes) is 32. The van der Waals surface area contributed by atoms with Crippen LogP contribution in [-0.4, -0.2) is 96.7 Å². The number of carbonyl (C=O) groups excluding carboxylic acids is 4. The highest BCUT2D eigenvalue weighted by Gasteiger charge is 2.30. The standard InChI is InChI=1S/C71H134O17P2/c1-8-9-10-11-12-13-14-15-16-17-21-24-30-38-45-52-68(73)81-58-66(88-71(76)55-48-41-32-27-26-29-36-43-50-63(4)5)60-85-89(77,78)83-56-65(72)57-84-90(79,80)86-61-67(59-82-69(74)53-46-39-34-33-37-44-51-64(6)7)87-70(75)54-47-40-31-25-22-19-18-20-23-28-35-42-49-62(2)3/h13-16,62-67,72H,8-12,17-61H2,1-7H3,(H,77,78)(H,79,80)/b14-13-,16-15-/t65-,66-,67-/m1/s1. The summed E-state index contributed by atoms with van der Waals surface area (Å²) in [6.07, 6.45) is 48.2. The van der Waals surface area contributed by atoms with Crippen LogP contribution in [-0.2, 0) is 65.4 Å². The van der Waals surface area contributed by atoms with Crippen LogP contribution in [0.2, 0.25) is 0 Å². The molecule has 19 heteroatoms. The van der Waals surface area contributed by atoms with Gasteiger partial charge in [-0.15, -0.1) is 0 Å². The van der Waals surface area contributed by atoms with Gasteiger partial charge in [-0.2, -0.15) is 0 Å². The third-order valence-corrected chi connectivity index (χ3v) is 17.7. The second-order valence-electron chi connectivity index (χ2n) is 26.4. The van der Waals surface area contributed by atoms with E-state index in [0.717, 1.165) is 121 Å². The molecule has 3 N–H and O–H groups in total. The van der Waals surface area contributed by atoms with Crippen molar-refractivity contribution in [1.29, 1.82) is 0 Å². The molecule has 2 unspecified atom stereocenters. The Morgan fingerprint density at radius 2 is 0.600 bits per heavy atom. The fourth-order valence-electron chi connectivity index (χ4n) is 10.2. The second-order valence-corrected chi connectivity index (χ2v) is 29.3. The molecule has 0 aromatic rings. The monoisotopic (exact) mass is 1320 g/mol. The number of ether oxygens (including phenoxy) is 4. The van der Waals surface area contributed by atoms with Gasteiger partial charge in [-0.1, -0.05) is 278 Å². The Bertz CT molecular complexity index is 1860. The number of allylic oxidation sites excluding steroid dienone is 4. The van der Waals surface area contributed by atoms with Crippen molar-refractivity contribution in [3.8, 4) is 0 Å². The molecule has 530 valence electrons. The van der Waals surface area contributed by atoms with Crippen LogP contribution in [0.25, 0.3) is 0 Å². The van der Waals surface area contributed by atoms with Crippen molar-refractivity contribution in [2.24, 2.45) is 17.8 Å². The highest BCUT2D eigenvalue weighted by molar-refractivity contribution is 7.47. The Morgan fingerprint density at radius 1 is 0.344 bits per heavy atom. The average molecular weight is 1320 g/mol. The molecule has 0 aliphatic rings. The van der Waals surface area contributed by atoms with Crippen LogP contribution in [0.3, 0.4) is 0 Å². The summed E-state index contributed by atoms with van der Waals surface area (Å²) in [6.45, 7) is 11.7. The maximum Gasteiger partial charge on any atom is 0.472 e. The van der Waals surface area contributed by atoms with E-state index in [4.69, 9.17) is 37.0 Å². The van der Waals surface area contributed by atoms with E-state index in [-0.39, 0.29) is 25.7 Å². The fourth-order valence-corrected chi connectivity index (χ4v) is 11.8. The largest absolute Gasteiger partial charge is 0.472 e. The van der Waals surface area contributed by atoms with Crippen molar-refractivity contribution < 1.29 is 80.2 Å². The Kier molecular flexibility index (Phi) is 59.7. The number of hydrogen-bond acceptors (Lipinski definition) is 15. The van der Waals surface area contributed by atoms with Crippen molar-refractivity contribution >= 4 is 39.5 Å². The summed E-state index contributed by atoms with van der Waals surface area (Å²) in [5.74, 6) is 0.00893. The molecule has 0 aromatic carbocycles. The Morgan fingerprint density at radius 3 is 0.900 bits per heavy atom. The topological polar surface area (TPSA) is 237 Å². The minimum absolute atomic E-state index is 0.0971. The van der Waals surface area contributed by atoms with Gasteiger partial charge in [0.05, 0.1) is 26.4 Å². The summed E-state index contributed by atoms with van der Waals surface area (Å²) in [4.78, 5) is 72.5. The Hall–Kier alpha value is -2.46. The van der Waals surface area contributed by atoms with Gasteiger partial charge in [0.25, 0.3) is 0 Å². The number of aliphatic hydroxyl groups excluding tert-OH is 1. The second kappa shape index (κ2) is 61.4. The lowest BCUT2D eigenvalue weighted by molar-refractivity contribution is -0.161. The van der Waals surface area contributed by atoms with Gasteiger partial charge >= 0.3 is 39.5 Å². The van der Waals surface area contributed by atoms with Gasteiger partial charge in [-0.05, 0) is 69.1 Å². The lowest BCUT2D eigenvalue weighted by atomic mass is 10.0. The third-order valence-electron chi connectivity index (χ3n) is 15.8. The molecule has 0 heterocycles. The number of phosphoric acid groups is 2. The van der Waals surface area contributed by atoms with Crippen LogP contribution < -0.4 is 0 Å². The number of esters is 4. The van der Waals surface area contributed by atoms with Crippen LogP contribution in [0.4, 0.5) is 0 Å². The van der Waals surface area contributed by atoms with Crippen molar-refractivity contribution in [2.75, 3.05) is 39.6 Å². The first-order valence-corrected chi connectivity index (χ1v) is 39.2. The molecule has 0 rings (SSSR count). The zero-order valence-corrected chi connectivity index (χ0v) is 59.9. The SMILES string of the molecule is CCCCCC/C=C\C=C/CCCCCCCC(=O)OC[C@H](COP(=O)(O)OC[C@@H](O)COP(=O)(O)OC[C@@H](COC(=O)CCCCCCCCC(C)C)OC(=O)CCCCCCCCCCCCCCC(C)C)OC(=O)CCCCCCCCCCC(C)C. The van der Waals surface area contributed by atoms with E-state index >= 15 is 0 Å². The van der Waals surface area contributed by atoms with Crippen molar-refractivity contribution in [1.82, 2.24) is 0 Å². The summed E-state index contributed by atoms with van der Waals surface area (Å²) in [7, 11) is -9.91. The molecule has 0 amide bonds. The molecule has 0 aromatic heterocycles. The molecule has 0 aliphatic heterocycles. The highest BCUT2D eigenvalue weighted by Crippen LogP contribution is 2.45. The predicted molar refractivity (Wildman–Crippen MR) is 363 cm³/mol. The zero-order chi connectivity index (χ0) is 66.6. The van der Waals surface area contributed by atoms with Crippen molar-refractivity contribution in [2.45, 2.75) is 349 Å². The van der Waals surface area contributed by atoms with Crippen molar-refractivity contribution in [3.05, 3.63) is 24.3 Å². The summed E-state index contributed by atoms with van der Waals surface area (Å²) >= 11 is 0. The zero-order valence-electron chi connectivity index (χ0n) is 58.1. The van der Waals surface area contributed by atoms with Crippen LogP contribution in [0.5, 0.6) is 0 Å². The first-order valence-electron chi connectivity index (χ1n) is 36.2. The highest BCUT2D eigenvalue weighted by atomic mass is 31.2. The first kappa shape index (κ1) is 87.5. The van der Waals surface area contributed by atoms with Gasteiger partial charge < -0.3 is 33.8 Å². The van der Waals surface area contributed by atoms with Crippen LogP contribution >= 0.6 is 15.6 Å². The smallest absolute Gasteiger partial charge is 0.462 e. The molecular formula is C71H134O17P2. The molecule has 0 fully saturated rings. The van der Waals surface area contributed by atoms with E-state index in [1.165, 1.54) is 116 Å². The normalized spacial score (nSPS) is 14.4. The van der Waals surface area contributed by atoms with E-state index < -0.39 is 97.5 Å². The lowest BCUT2D eigenvalue weighted by Crippen LogP contribution is -2.30. The van der Waals surface area contributed by atoms with E-state index in [0.29, 0.717) is 37.5 Å². The summed E-state index contributed by atoms with van der Waals surface area (Å²) in [5.41, 5.74) is 0. The molecule has 0 aliphatic carbocycles. The third kappa shape index (κ3) is 64.3. The Labute approximate surface area is 548 Å². The molecular weight excluding hydrogens is 1190 g/mol. The number of aliphatic hydroxyl groups is 1. The minimum Gasteiger partial charge on any atom is -0.462 e. The average Bonchev–Trinajstić information content (AvgIpc) is 3.71. The number of phosphoric ester groups is 2. The maximum absolute atomic E-state index is 13.0. The quantitative estimate of drug-likeness (QED) is 0.0169. The summed E-state index contributed by atoms with van der Waals surface area (Å²) < 4.78 is 68.2. The number of rotatable bonds is 67. The fraction of sp³-hybridized carbons (Fsp3) is 0.887. The minimum atomic E-state index is -4.96. The van der Waals surface area contributed by atoms with E-state index in [1.807, 2.05) is 0 Å². The Balaban J connectivity index is 5.26. The molecule has 0 bridgehead atoms. The molecule has 0 spiro atoms. The van der Waals surface area contributed by atoms with Crippen LogP contribution in [0, 0.1) is 17.8 Å². The van der Waals surface area contributed by atoms with Gasteiger partial charge in [-0.25, -0.2) is 9.13 Å². The van der Waals surface area contributed by atoms with Gasteiger partial charge in [0.15, 0.2) is 12.2 Å². The molecule has 0 radical (unpaired) electrons. The molecule has 0 saturated carbocycles. The van der Waals surface area contributed by atoms with Crippen LogP contribution in [0.15, 0.2) is 24.3 Å². The lowest BCUT2D eigenvalue weighted by Gasteiger charge is -2.21. The summed E-state index contributed by atoms with van der Waals surface area (Å²) in [5, 5.41) is 10.6. The number of carbonyl (C=O) groups is 4. The van der Waals surface area contributed by atoms with Gasteiger partial charge in [-0.3, -0.25) is 37.3 Å².